The normalized spacial score (nSPS) is 11.1. The summed E-state index contributed by atoms with van der Waals surface area (Å²) in [5.74, 6) is 0.205. The van der Waals surface area contributed by atoms with E-state index in [4.69, 9.17) is 0 Å². The molecule has 2 aromatic rings. The van der Waals surface area contributed by atoms with Crippen molar-refractivity contribution in [2.45, 2.75) is 32.9 Å². The van der Waals surface area contributed by atoms with Gasteiger partial charge in [0.15, 0.2) is 0 Å². The van der Waals surface area contributed by atoms with Crippen molar-refractivity contribution in [3.05, 3.63) is 45.7 Å². The quantitative estimate of drug-likeness (QED) is 0.691. The number of aromatic nitrogens is 2. The summed E-state index contributed by atoms with van der Waals surface area (Å²) in [4.78, 5) is 0. The third-order valence-corrected chi connectivity index (χ3v) is 3.78. The van der Waals surface area contributed by atoms with Gasteiger partial charge in [0.05, 0.1) is 6.20 Å². The molecule has 1 heterocycles. The Morgan fingerprint density at radius 3 is 2.86 bits per heavy atom. The van der Waals surface area contributed by atoms with E-state index >= 15 is 0 Å². The van der Waals surface area contributed by atoms with E-state index in [1.807, 2.05) is 13.1 Å². The van der Waals surface area contributed by atoms with E-state index in [0.29, 0.717) is 12.1 Å². The van der Waals surface area contributed by atoms with Crippen molar-refractivity contribution in [1.29, 1.82) is 0 Å². The van der Waals surface area contributed by atoms with E-state index in [9.17, 15) is 8.78 Å². The fraction of sp³-hybridized carbons (Fsp3) is 0.400. The van der Waals surface area contributed by atoms with Gasteiger partial charge in [0, 0.05) is 22.3 Å². The molecule has 0 radical (unpaired) electrons. The number of hydrogen-bond donors (Lipinski definition) is 2. The lowest BCUT2D eigenvalue weighted by Gasteiger charge is -2.12. The SMILES string of the molecule is Cc1[nH]ncc1CCCNCc1cc(Br)ccc1OC(F)F. The second kappa shape index (κ2) is 8.24. The van der Waals surface area contributed by atoms with E-state index < -0.39 is 6.61 Å². The van der Waals surface area contributed by atoms with Crippen molar-refractivity contribution >= 4 is 15.9 Å². The molecule has 120 valence electrons. The van der Waals surface area contributed by atoms with Crippen LogP contribution < -0.4 is 10.1 Å². The van der Waals surface area contributed by atoms with Crippen LogP contribution in [-0.2, 0) is 13.0 Å². The lowest BCUT2D eigenvalue weighted by molar-refractivity contribution is -0.0505. The molecule has 2 N–H and O–H groups in total. The monoisotopic (exact) mass is 373 g/mol. The van der Waals surface area contributed by atoms with Crippen molar-refractivity contribution in [1.82, 2.24) is 15.5 Å². The molecule has 2 rings (SSSR count). The fourth-order valence-electron chi connectivity index (χ4n) is 2.15. The Morgan fingerprint density at radius 2 is 2.18 bits per heavy atom. The third-order valence-electron chi connectivity index (χ3n) is 3.29. The third kappa shape index (κ3) is 5.06. The highest BCUT2D eigenvalue weighted by atomic mass is 79.9. The number of benzene rings is 1. The van der Waals surface area contributed by atoms with Crippen molar-refractivity contribution in [3.8, 4) is 5.75 Å². The Morgan fingerprint density at radius 1 is 1.36 bits per heavy atom. The van der Waals surface area contributed by atoms with Gasteiger partial charge in [-0.25, -0.2) is 0 Å². The summed E-state index contributed by atoms with van der Waals surface area (Å²) in [6.45, 7) is 0.437. The lowest BCUT2D eigenvalue weighted by atomic mass is 10.1. The molecule has 4 nitrogen and oxygen atoms in total. The van der Waals surface area contributed by atoms with Crippen LogP contribution in [0.5, 0.6) is 5.75 Å². The minimum absolute atomic E-state index is 0.205. The first-order chi connectivity index (χ1) is 10.6. The summed E-state index contributed by atoms with van der Waals surface area (Å²) >= 11 is 3.34. The predicted molar refractivity (Wildman–Crippen MR) is 84.1 cm³/mol. The number of halogens is 3. The van der Waals surface area contributed by atoms with Gasteiger partial charge in [0.1, 0.15) is 5.75 Å². The van der Waals surface area contributed by atoms with Crippen LogP contribution in [0.3, 0.4) is 0 Å². The molecule has 1 aromatic carbocycles. The molecule has 22 heavy (non-hydrogen) atoms. The van der Waals surface area contributed by atoms with E-state index in [0.717, 1.165) is 29.6 Å². The molecule has 0 saturated carbocycles. The van der Waals surface area contributed by atoms with Gasteiger partial charge < -0.3 is 10.1 Å². The fourth-order valence-corrected chi connectivity index (χ4v) is 2.56. The first-order valence-electron chi connectivity index (χ1n) is 6.99. The summed E-state index contributed by atoms with van der Waals surface area (Å²) in [5.41, 5.74) is 2.99. The Labute approximate surface area is 136 Å². The maximum absolute atomic E-state index is 12.4. The van der Waals surface area contributed by atoms with Crippen molar-refractivity contribution in [3.63, 3.8) is 0 Å². The van der Waals surface area contributed by atoms with Crippen LogP contribution >= 0.6 is 15.9 Å². The highest BCUT2D eigenvalue weighted by Crippen LogP contribution is 2.24. The number of H-pyrrole nitrogens is 1. The Kier molecular flexibility index (Phi) is 6.33. The average molecular weight is 374 g/mol. The summed E-state index contributed by atoms with van der Waals surface area (Å²) in [6.07, 6.45) is 3.70. The number of nitrogens with zero attached hydrogens (tertiary/aromatic N) is 1. The van der Waals surface area contributed by atoms with Crippen LogP contribution in [-0.4, -0.2) is 23.4 Å². The molecule has 7 heteroatoms. The zero-order valence-corrected chi connectivity index (χ0v) is 13.8. The second-order valence-electron chi connectivity index (χ2n) is 4.93. The Bertz CT molecular complexity index is 604. The van der Waals surface area contributed by atoms with Gasteiger partial charge in [-0.2, -0.15) is 13.9 Å². The minimum atomic E-state index is -2.82. The Hall–Kier alpha value is -1.47. The summed E-state index contributed by atoms with van der Waals surface area (Å²) in [6, 6.07) is 5.01. The van der Waals surface area contributed by atoms with Gasteiger partial charge in [-0.05, 0) is 50.1 Å². The molecule has 0 fully saturated rings. The number of nitrogens with one attached hydrogen (secondary N) is 2. The highest BCUT2D eigenvalue weighted by molar-refractivity contribution is 9.10. The van der Waals surface area contributed by atoms with Gasteiger partial charge in [-0.1, -0.05) is 15.9 Å². The maximum Gasteiger partial charge on any atom is 0.387 e. The zero-order valence-electron chi connectivity index (χ0n) is 12.2. The zero-order chi connectivity index (χ0) is 15.9. The molecule has 0 aliphatic rings. The molecule has 0 unspecified atom stereocenters. The number of alkyl halides is 2. The van der Waals surface area contributed by atoms with Gasteiger partial charge in [-0.3, -0.25) is 5.10 Å². The molecular weight excluding hydrogens is 356 g/mol. The maximum atomic E-state index is 12.4. The van der Waals surface area contributed by atoms with Gasteiger partial charge in [0.2, 0.25) is 0 Å². The first kappa shape index (κ1) is 16.9. The largest absolute Gasteiger partial charge is 0.434 e. The minimum Gasteiger partial charge on any atom is -0.434 e. The van der Waals surface area contributed by atoms with E-state index in [2.05, 4.69) is 36.2 Å². The smallest absolute Gasteiger partial charge is 0.387 e. The van der Waals surface area contributed by atoms with Crippen LogP contribution in [0.2, 0.25) is 0 Å². The summed E-state index contributed by atoms with van der Waals surface area (Å²) in [7, 11) is 0. The molecule has 0 aliphatic carbocycles. The number of aromatic amines is 1. The van der Waals surface area contributed by atoms with Crippen LogP contribution in [0.1, 0.15) is 23.2 Å². The predicted octanol–water partition coefficient (Wildman–Crippen LogP) is 3.80. The van der Waals surface area contributed by atoms with Crippen molar-refractivity contribution < 1.29 is 13.5 Å². The van der Waals surface area contributed by atoms with E-state index in [1.165, 1.54) is 5.56 Å². The lowest BCUT2D eigenvalue weighted by Crippen LogP contribution is -2.16. The Balaban J connectivity index is 1.81. The summed E-state index contributed by atoms with van der Waals surface area (Å²) < 4.78 is 30.1. The number of hydrogen-bond acceptors (Lipinski definition) is 3. The summed E-state index contributed by atoms with van der Waals surface area (Å²) in [5, 5.41) is 10.1. The molecule has 0 atom stereocenters. The van der Waals surface area contributed by atoms with E-state index in [1.54, 1.807) is 18.2 Å². The second-order valence-corrected chi connectivity index (χ2v) is 5.85. The van der Waals surface area contributed by atoms with Gasteiger partial charge in [0.25, 0.3) is 0 Å². The van der Waals surface area contributed by atoms with E-state index in [-0.39, 0.29) is 5.75 Å². The molecule has 0 amide bonds. The van der Waals surface area contributed by atoms with Crippen LogP contribution in [0.25, 0.3) is 0 Å². The topological polar surface area (TPSA) is 49.9 Å². The molecule has 0 spiro atoms. The molecule has 1 aromatic heterocycles. The molecule has 0 bridgehead atoms. The van der Waals surface area contributed by atoms with Crippen LogP contribution in [0, 0.1) is 6.92 Å². The molecular formula is C15H18BrF2N3O. The molecule has 0 aliphatic heterocycles. The van der Waals surface area contributed by atoms with Crippen LogP contribution in [0.4, 0.5) is 8.78 Å². The van der Waals surface area contributed by atoms with Crippen LogP contribution in [0.15, 0.2) is 28.9 Å². The van der Waals surface area contributed by atoms with Crippen molar-refractivity contribution in [2.24, 2.45) is 0 Å². The number of rotatable bonds is 8. The van der Waals surface area contributed by atoms with Crippen molar-refractivity contribution in [2.75, 3.05) is 6.54 Å². The first-order valence-corrected chi connectivity index (χ1v) is 7.78. The standard InChI is InChI=1S/C15H18BrF2N3O/c1-10-11(9-20-21-10)3-2-6-19-8-12-7-13(16)4-5-14(12)22-15(17)18/h4-5,7,9,15,19H,2-3,6,8H2,1H3,(H,20,21). The highest BCUT2D eigenvalue weighted by Gasteiger charge is 2.10. The average Bonchev–Trinajstić information content (AvgIpc) is 2.86. The molecule has 0 saturated heterocycles. The number of aryl methyl sites for hydroxylation is 2. The van der Waals surface area contributed by atoms with Gasteiger partial charge in [-0.15, -0.1) is 0 Å². The van der Waals surface area contributed by atoms with Gasteiger partial charge >= 0.3 is 6.61 Å². The number of ether oxygens (including phenoxy) is 1.